The topological polar surface area (TPSA) is 56.1 Å². The molecular weight excluding hydrogens is 250 g/mol. The summed E-state index contributed by atoms with van der Waals surface area (Å²) in [6, 6.07) is 2.97. The average molecular weight is 277 g/mol. The molecule has 0 bridgehead atoms. The van der Waals surface area contributed by atoms with Crippen LogP contribution in [-0.2, 0) is 4.79 Å². The van der Waals surface area contributed by atoms with Gasteiger partial charge in [-0.15, -0.1) is 0 Å². The molecule has 0 aliphatic heterocycles. The Morgan fingerprint density at radius 2 is 1.90 bits per heavy atom. The van der Waals surface area contributed by atoms with Crippen molar-refractivity contribution >= 4 is 5.91 Å². The van der Waals surface area contributed by atoms with Gasteiger partial charge < -0.3 is 10.2 Å². The zero-order chi connectivity index (χ0) is 14.4. The maximum Gasteiger partial charge on any atom is 0.240 e. The molecule has 0 aromatic carbocycles. The Morgan fingerprint density at radius 1 is 1.25 bits per heavy atom. The van der Waals surface area contributed by atoms with Crippen molar-refractivity contribution < 1.29 is 4.79 Å². The number of nitrogens with zero attached hydrogens (tertiary/aromatic N) is 2. The highest BCUT2D eigenvalue weighted by Gasteiger charge is 2.39. The highest BCUT2D eigenvalue weighted by atomic mass is 16.2. The lowest BCUT2D eigenvalue weighted by atomic mass is 9.74. The number of nitriles is 1. The molecule has 0 aromatic rings. The Hall–Kier alpha value is -1.08. The van der Waals surface area contributed by atoms with Crippen LogP contribution in [0.3, 0.4) is 0 Å². The van der Waals surface area contributed by atoms with Crippen LogP contribution in [0.1, 0.15) is 57.8 Å². The molecule has 0 unspecified atom stereocenters. The minimum Gasteiger partial charge on any atom is -0.353 e. The predicted octanol–water partition coefficient (Wildman–Crippen LogP) is 2.45. The summed E-state index contributed by atoms with van der Waals surface area (Å²) in [6.07, 6.45) is 9.85. The van der Waals surface area contributed by atoms with E-state index in [0.717, 1.165) is 38.6 Å². The number of carbonyl (C=O) groups excluding carboxylic acids is 1. The molecule has 4 heteroatoms. The van der Waals surface area contributed by atoms with Crippen molar-refractivity contribution in [2.75, 3.05) is 20.1 Å². The number of rotatable bonds is 5. The first-order valence-corrected chi connectivity index (χ1v) is 8.08. The number of carbonyl (C=O) groups is 1. The molecule has 0 radical (unpaired) electrons. The van der Waals surface area contributed by atoms with Crippen LogP contribution >= 0.6 is 0 Å². The van der Waals surface area contributed by atoms with Crippen LogP contribution < -0.4 is 5.32 Å². The number of hydrogen-bond donors (Lipinski definition) is 1. The zero-order valence-electron chi connectivity index (χ0n) is 12.7. The van der Waals surface area contributed by atoms with Gasteiger partial charge in [-0.25, -0.2) is 0 Å². The predicted molar refractivity (Wildman–Crippen MR) is 79.0 cm³/mol. The molecule has 112 valence electrons. The average Bonchev–Trinajstić information content (AvgIpc) is 3.02. The monoisotopic (exact) mass is 277 g/mol. The molecule has 2 aliphatic carbocycles. The second-order valence-electron chi connectivity index (χ2n) is 6.43. The molecular formula is C16H27N3O. The Bertz CT molecular complexity index is 362. The van der Waals surface area contributed by atoms with Gasteiger partial charge in [-0.2, -0.15) is 5.26 Å². The summed E-state index contributed by atoms with van der Waals surface area (Å²) in [5.41, 5.74) is -0.746. The van der Waals surface area contributed by atoms with Gasteiger partial charge in [0, 0.05) is 19.1 Å². The van der Waals surface area contributed by atoms with Gasteiger partial charge in [0.2, 0.25) is 5.91 Å². The molecule has 2 aliphatic rings. The first-order chi connectivity index (χ1) is 9.68. The summed E-state index contributed by atoms with van der Waals surface area (Å²) in [4.78, 5) is 14.7. The summed E-state index contributed by atoms with van der Waals surface area (Å²) in [5, 5.41) is 12.4. The van der Waals surface area contributed by atoms with Crippen LogP contribution in [0, 0.1) is 16.7 Å². The molecule has 4 nitrogen and oxygen atoms in total. The highest BCUT2D eigenvalue weighted by Crippen LogP contribution is 2.35. The number of hydrogen-bond acceptors (Lipinski definition) is 3. The molecule has 0 aromatic heterocycles. The lowest BCUT2D eigenvalue weighted by molar-refractivity contribution is -0.129. The van der Waals surface area contributed by atoms with E-state index < -0.39 is 5.41 Å². The van der Waals surface area contributed by atoms with E-state index in [1.165, 1.54) is 25.7 Å². The van der Waals surface area contributed by atoms with Gasteiger partial charge in [-0.3, -0.25) is 4.79 Å². The molecule has 0 saturated heterocycles. The largest absolute Gasteiger partial charge is 0.353 e. The molecule has 0 heterocycles. The first kappa shape index (κ1) is 15.3. The van der Waals surface area contributed by atoms with Gasteiger partial charge in [-0.1, -0.05) is 32.1 Å². The third-order valence-corrected chi connectivity index (χ3v) is 5.05. The molecule has 2 rings (SSSR count). The maximum atomic E-state index is 12.3. The minimum atomic E-state index is -0.746. The minimum absolute atomic E-state index is 0.0421. The molecule has 2 saturated carbocycles. The van der Waals surface area contributed by atoms with Crippen molar-refractivity contribution in [2.45, 2.75) is 63.8 Å². The van der Waals surface area contributed by atoms with E-state index >= 15 is 0 Å². The van der Waals surface area contributed by atoms with E-state index in [0.29, 0.717) is 12.6 Å². The van der Waals surface area contributed by atoms with E-state index in [1.807, 2.05) is 0 Å². The Labute approximate surface area is 122 Å². The smallest absolute Gasteiger partial charge is 0.240 e. The van der Waals surface area contributed by atoms with Crippen LogP contribution in [0.25, 0.3) is 0 Å². The molecule has 0 atom stereocenters. The fraction of sp³-hybridized carbons (Fsp3) is 0.875. The number of nitrogens with one attached hydrogen (secondary N) is 1. The Kier molecular flexibility index (Phi) is 5.42. The van der Waals surface area contributed by atoms with E-state index in [-0.39, 0.29) is 5.91 Å². The molecule has 1 N–H and O–H groups in total. The fourth-order valence-electron chi connectivity index (χ4n) is 3.59. The van der Waals surface area contributed by atoms with Crippen molar-refractivity contribution in [3.63, 3.8) is 0 Å². The van der Waals surface area contributed by atoms with Crippen molar-refractivity contribution in [1.29, 1.82) is 5.26 Å². The van der Waals surface area contributed by atoms with Gasteiger partial charge >= 0.3 is 0 Å². The van der Waals surface area contributed by atoms with E-state index in [4.69, 9.17) is 0 Å². The summed E-state index contributed by atoms with van der Waals surface area (Å²) in [7, 11) is 2.14. The number of amides is 1. The SMILES string of the molecule is CN(CCNC(=O)C1(C#N)CCCCC1)C1CCCC1. The summed E-state index contributed by atoms with van der Waals surface area (Å²) in [6.45, 7) is 1.55. The second-order valence-corrected chi connectivity index (χ2v) is 6.43. The quantitative estimate of drug-likeness (QED) is 0.840. The third-order valence-electron chi connectivity index (χ3n) is 5.05. The van der Waals surface area contributed by atoms with Crippen LogP contribution in [0.5, 0.6) is 0 Å². The Balaban J connectivity index is 1.75. The third kappa shape index (κ3) is 3.52. The maximum absolute atomic E-state index is 12.3. The summed E-state index contributed by atoms with van der Waals surface area (Å²) < 4.78 is 0. The summed E-state index contributed by atoms with van der Waals surface area (Å²) >= 11 is 0. The number of likely N-dealkylation sites (N-methyl/N-ethyl adjacent to an activating group) is 1. The highest BCUT2D eigenvalue weighted by molar-refractivity contribution is 5.85. The lowest BCUT2D eigenvalue weighted by Crippen LogP contribution is -2.44. The van der Waals surface area contributed by atoms with Crippen molar-refractivity contribution in [3.05, 3.63) is 0 Å². The Morgan fingerprint density at radius 3 is 2.50 bits per heavy atom. The molecule has 1 amide bonds. The summed E-state index contributed by atoms with van der Waals surface area (Å²) in [5.74, 6) is -0.0421. The van der Waals surface area contributed by atoms with Crippen LogP contribution in [0.4, 0.5) is 0 Å². The van der Waals surface area contributed by atoms with Crippen LogP contribution in [0.2, 0.25) is 0 Å². The van der Waals surface area contributed by atoms with Gasteiger partial charge in [0.1, 0.15) is 5.41 Å². The van der Waals surface area contributed by atoms with Crippen LogP contribution in [0.15, 0.2) is 0 Å². The van der Waals surface area contributed by atoms with Gasteiger partial charge in [0.15, 0.2) is 0 Å². The van der Waals surface area contributed by atoms with Crippen molar-refractivity contribution in [1.82, 2.24) is 10.2 Å². The molecule has 2 fully saturated rings. The van der Waals surface area contributed by atoms with Crippen molar-refractivity contribution in [3.8, 4) is 6.07 Å². The van der Waals surface area contributed by atoms with Gasteiger partial charge in [-0.05, 0) is 32.7 Å². The van der Waals surface area contributed by atoms with Gasteiger partial charge in [0.05, 0.1) is 6.07 Å². The first-order valence-electron chi connectivity index (χ1n) is 8.08. The van der Waals surface area contributed by atoms with E-state index in [9.17, 15) is 10.1 Å². The molecule has 20 heavy (non-hydrogen) atoms. The fourth-order valence-corrected chi connectivity index (χ4v) is 3.59. The standard InChI is InChI=1S/C16H27N3O/c1-19(14-7-3-4-8-14)12-11-18-15(20)16(13-17)9-5-2-6-10-16/h14H,2-12H2,1H3,(H,18,20). The normalized spacial score (nSPS) is 22.6. The lowest BCUT2D eigenvalue weighted by Gasteiger charge is -2.30. The van der Waals surface area contributed by atoms with Crippen LogP contribution in [-0.4, -0.2) is 37.0 Å². The zero-order valence-corrected chi connectivity index (χ0v) is 12.7. The van der Waals surface area contributed by atoms with E-state index in [2.05, 4.69) is 23.3 Å². The second kappa shape index (κ2) is 7.08. The van der Waals surface area contributed by atoms with Crippen molar-refractivity contribution in [2.24, 2.45) is 5.41 Å². The van der Waals surface area contributed by atoms with E-state index in [1.54, 1.807) is 0 Å². The molecule has 0 spiro atoms. The van der Waals surface area contributed by atoms with Gasteiger partial charge in [0.25, 0.3) is 0 Å².